The minimum absolute atomic E-state index is 0.302. The van der Waals surface area contributed by atoms with Gasteiger partial charge in [0, 0.05) is 24.8 Å². The number of hydrogen-bond acceptors (Lipinski definition) is 5. The molecule has 0 bridgehead atoms. The fraction of sp³-hybridized carbons (Fsp3) is 0.600. The van der Waals surface area contributed by atoms with E-state index in [1.54, 1.807) is 18.3 Å². The summed E-state index contributed by atoms with van der Waals surface area (Å²) in [4.78, 5) is 18.8. The molecule has 3 heterocycles. The molecule has 20 heavy (non-hydrogen) atoms. The van der Waals surface area contributed by atoms with Crippen LogP contribution < -0.4 is 5.32 Å². The monoisotopic (exact) mass is 275 g/mol. The lowest BCUT2D eigenvalue weighted by molar-refractivity contribution is 0.0527. The molecule has 5 nitrogen and oxygen atoms in total. The SMILES string of the molecule is CCOC(=O)c1cccnc1NC1CCN2CCCC12. The van der Waals surface area contributed by atoms with E-state index in [2.05, 4.69) is 15.2 Å². The number of carbonyl (C=O) groups excluding carboxylic acids is 1. The van der Waals surface area contributed by atoms with Crippen molar-refractivity contribution in [1.82, 2.24) is 9.88 Å². The van der Waals surface area contributed by atoms with E-state index < -0.39 is 0 Å². The van der Waals surface area contributed by atoms with Gasteiger partial charge in [-0.05, 0) is 44.9 Å². The van der Waals surface area contributed by atoms with Crippen molar-refractivity contribution in [2.24, 2.45) is 0 Å². The number of hydrogen-bond donors (Lipinski definition) is 1. The van der Waals surface area contributed by atoms with Crippen LogP contribution in [0, 0.1) is 0 Å². The van der Waals surface area contributed by atoms with Gasteiger partial charge in [0.15, 0.2) is 0 Å². The van der Waals surface area contributed by atoms with Gasteiger partial charge in [0.2, 0.25) is 0 Å². The highest BCUT2D eigenvalue weighted by atomic mass is 16.5. The van der Waals surface area contributed by atoms with Crippen LogP contribution in [0.5, 0.6) is 0 Å². The van der Waals surface area contributed by atoms with Gasteiger partial charge in [0.25, 0.3) is 0 Å². The Labute approximate surface area is 119 Å². The van der Waals surface area contributed by atoms with Crippen LogP contribution in [0.15, 0.2) is 18.3 Å². The van der Waals surface area contributed by atoms with Crippen LogP contribution in [-0.4, -0.2) is 47.6 Å². The lowest BCUT2D eigenvalue weighted by Gasteiger charge is -2.22. The largest absolute Gasteiger partial charge is 0.462 e. The maximum Gasteiger partial charge on any atom is 0.341 e. The topological polar surface area (TPSA) is 54.5 Å². The normalized spacial score (nSPS) is 25.4. The van der Waals surface area contributed by atoms with Gasteiger partial charge in [-0.2, -0.15) is 0 Å². The lowest BCUT2D eigenvalue weighted by atomic mass is 10.1. The van der Waals surface area contributed by atoms with Gasteiger partial charge in [0.05, 0.1) is 6.61 Å². The van der Waals surface area contributed by atoms with Gasteiger partial charge >= 0.3 is 5.97 Å². The predicted molar refractivity (Wildman–Crippen MR) is 76.8 cm³/mol. The van der Waals surface area contributed by atoms with E-state index >= 15 is 0 Å². The first-order chi connectivity index (χ1) is 9.79. The third-order valence-electron chi connectivity index (χ3n) is 4.23. The molecule has 108 valence electrons. The van der Waals surface area contributed by atoms with Gasteiger partial charge < -0.3 is 10.1 Å². The molecule has 0 aliphatic carbocycles. The first-order valence-electron chi connectivity index (χ1n) is 7.42. The second-order valence-corrected chi connectivity index (χ2v) is 5.41. The van der Waals surface area contributed by atoms with Crippen LogP contribution in [0.25, 0.3) is 0 Å². The summed E-state index contributed by atoms with van der Waals surface area (Å²) in [7, 11) is 0. The molecule has 1 aromatic heterocycles. The van der Waals surface area contributed by atoms with E-state index in [1.165, 1.54) is 19.4 Å². The predicted octanol–water partition coefficient (Wildman–Crippen LogP) is 1.91. The Morgan fingerprint density at radius 1 is 1.50 bits per heavy atom. The van der Waals surface area contributed by atoms with E-state index in [0.29, 0.717) is 30.1 Å². The van der Waals surface area contributed by atoms with Crippen molar-refractivity contribution in [3.63, 3.8) is 0 Å². The van der Waals surface area contributed by atoms with E-state index in [0.717, 1.165) is 13.0 Å². The van der Waals surface area contributed by atoms with Crippen LogP contribution in [0.4, 0.5) is 5.82 Å². The first kappa shape index (κ1) is 13.4. The van der Waals surface area contributed by atoms with Gasteiger partial charge in [0.1, 0.15) is 11.4 Å². The summed E-state index contributed by atoms with van der Waals surface area (Å²) in [5.41, 5.74) is 0.533. The summed E-state index contributed by atoms with van der Waals surface area (Å²) in [6.45, 7) is 4.54. The summed E-state index contributed by atoms with van der Waals surface area (Å²) >= 11 is 0. The third kappa shape index (κ3) is 2.50. The molecule has 2 aliphatic heterocycles. The minimum atomic E-state index is -0.302. The zero-order valence-electron chi connectivity index (χ0n) is 11.8. The summed E-state index contributed by atoms with van der Waals surface area (Å²) in [6.07, 6.45) is 5.34. The number of anilines is 1. The van der Waals surface area contributed by atoms with Crippen LogP contribution >= 0.6 is 0 Å². The van der Waals surface area contributed by atoms with E-state index in [9.17, 15) is 4.79 Å². The van der Waals surface area contributed by atoms with Gasteiger partial charge in [-0.3, -0.25) is 4.90 Å². The zero-order valence-corrected chi connectivity index (χ0v) is 11.8. The average molecular weight is 275 g/mol. The van der Waals surface area contributed by atoms with Gasteiger partial charge in [-0.15, -0.1) is 0 Å². The molecule has 1 aromatic rings. The second kappa shape index (κ2) is 5.79. The zero-order chi connectivity index (χ0) is 13.9. The molecule has 2 fully saturated rings. The third-order valence-corrected chi connectivity index (χ3v) is 4.23. The van der Waals surface area contributed by atoms with E-state index in [4.69, 9.17) is 4.74 Å². The molecule has 3 rings (SSSR count). The van der Waals surface area contributed by atoms with Crippen LogP contribution in [-0.2, 0) is 4.74 Å². The quantitative estimate of drug-likeness (QED) is 0.851. The highest BCUT2D eigenvalue weighted by Crippen LogP contribution is 2.30. The Bertz CT molecular complexity index is 492. The van der Waals surface area contributed by atoms with Crippen molar-refractivity contribution in [2.45, 2.75) is 38.3 Å². The number of esters is 1. The standard InChI is InChI=1S/C15H21N3O2/c1-2-20-15(19)11-5-3-8-16-14(11)17-12-7-10-18-9-4-6-13(12)18/h3,5,8,12-13H,2,4,6-7,9-10H2,1H3,(H,16,17). The van der Waals surface area contributed by atoms with Gasteiger partial charge in [-0.25, -0.2) is 9.78 Å². The summed E-state index contributed by atoms with van der Waals surface area (Å²) in [5.74, 6) is 0.356. The van der Waals surface area contributed by atoms with Crippen LogP contribution in [0.3, 0.4) is 0 Å². The van der Waals surface area contributed by atoms with Crippen LogP contribution in [0.1, 0.15) is 36.5 Å². The van der Waals surface area contributed by atoms with E-state index in [-0.39, 0.29) is 5.97 Å². The fourth-order valence-electron chi connectivity index (χ4n) is 3.32. The molecule has 0 amide bonds. The number of rotatable bonds is 4. The molecule has 2 saturated heterocycles. The number of aromatic nitrogens is 1. The van der Waals surface area contributed by atoms with Crippen molar-refractivity contribution in [1.29, 1.82) is 0 Å². The number of pyridine rings is 1. The maximum atomic E-state index is 12.0. The Kier molecular flexibility index (Phi) is 3.87. The molecule has 0 saturated carbocycles. The summed E-state index contributed by atoms with van der Waals surface area (Å²) < 4.78 is 5.09. The fourth-order valence-corrected chi connectivity index (χ4v) is 3.32. The van der Waals surface area contributed by atoms with Crippen molar-refractivity contribution in [3.05, 3.63) is 23.9 Å². The molecule has 2 aliphatic rings. The Hall–Kier alpha value is -1.62. The molecule has 0 spiro atoms. The second-order valence-electron chi connectivity index (χ2n) is 5.41. The average Bonchev–Trinajstić information content (AvgIpc) is 3.05. The molecule has 2 unspecified atom stereocenters. The Morgan fingerprint density at radius 3 is 3.25 bits per heavy atom. The number of nitrogens with one attached hydrogen (secondary N) is 1. The highest BCUT2D eigenvalue weighted by Gasteiger charge is 2.37. The molecule has 0 radical (unpaired) electrons. The molecule has 2 atom stereocenters. The molecule has 5 heteroatoms. The van der Waals surface area contributed by atoms with Crippen molar-refractivity contribution in [3.8, 4) is 0 Å². The minimum Gasteiger partial charge on any atom is -0.462 e. The smallest absolute Gasteiger partial charge is 0.341 e. The van der Waals surface area contributed by atoms with Gasteiger partial charge in [-0.1, -0.05) is 0 Å². The summed E-state index contributed by atoms with van der Waals surface area (Å²) in [5, 5.41) is 3.47. The first-order valence-corrected chi connectivity index (χ1v) is 7.42. The maximum absolute atomic E-state index is 12.0. The molecule has 1 N–H and O–H groups in total. The number of carbonyl (C=O) groups is 1. The number of fused-ring (bicyclic) bond motifs is 1. The highest BCUT2D eigenvalue weighted by molar-refractivity contribution is 5.94. The number of nitrogens with zero attached hydrogens (tertiary/aromatic N) is 2. The van der Waals surface area contributed by atoms with Crippen molar-refractivity contribution < 1.29 is 9.53 Å². The van der Waals surface area contributed by atoms with E-state index in [1.807, 2.05) is 6.92 Å². The van der Waals surface area contributed by atoms with Crippen molar-refractivity contribution in [2.75, 3.05) is 25.0 Å². The molecular formula is C15H21N3O2. The van der Waals surface area contributed by atoms with Crippen LogP contribution in [0.2, 0.25) is 0 Å². The summed E-state index contributed by atoms with van der Waals surface area (Å²) in [6, 6.07) is 4.52. The lowest BCUT2D eigenvalue weighted by Crippen LogP contribution is -2.34. The number of ether oxygens (including phenoxy) is 1. The molecule has 0 aromatic carbocycles. The molecular weight excluding hydrogens is 254 g/mol. The Balaban J connectivity index is 1.75. The van der Waals surface area contributed by atoms with Crippen molar-refractivity contribution >= 4 is 11.8 Å². The Morgan fingerprint density at radius 2 is 2.40 bits per heavy atom.